The first kappa shape index (κ1) is 16.5. The van der Waals surface area contributed by atoms with E-state index in [1.165, 1.54) is 0 Å². The number of nitrogens with zero attached hydrogens (tertiary/aromatic N) is 1. The smallest absolute Gasteiger partial charge is 0.328 e. The Bertz CT molecular complexity index is 443. The Balaban J connectivity index is 2.94. The van der Waals surface area contributed by atoms with Gasteiger partial charge in [0.1, 0.15) is 6.54 Å². The summed E-state index contributed by atoms with van der Waals surface area (Å²) in [6.07, 6.45) is -4.42. The van der Waals surface area contributed by atoms with Crippen LogP contribution in [0.3, 0.4) is 0 Å². The maximum absolute atomic E-state index is 12.6. The fourth-order valence-electron chi connectivity index (χ4n) is 1.72. The maximum atomic E-state index is 12.6. The molecule has 3 nitrogen and oxygen atoms in total. The highest BCUT2D eigenvalue weighted by molar-refractivity contribution is 5.85. The van der Waals surface area contributed by atoms with Crippen LogP contribution in [0.4, 0.5) is 13.2 Å². The minimum Gasteiger partial charge on any atom is -0.328 e. The van der Waals surface area contributed by atoms with Crippen LogP contribution in [0, 0.1) is 0 Å². The van der Waals surface area contributed by atoms with E-state index in [1.807, 2.05) is 0 Å². The van der Waals surface area contributed by atoms with Gasteiger partial charge in [-0.3, -0.25) is 4.79 Å². The SMILES string of the molecule is CNC(C)(C)C(=O)N(Cc1ccccc1)CC(F)(F)F. The van der Waals surface area contributed by atoms with Crippen molar-refractivity contribution in [3.05, 3.63) is 35.9 Å². The fourth-order valence-corrected chi connectivity index (χ4v) is 1.72. The van der Waals surface area contributed by atoms with Crippen LogP contribution in [0.15, 0.2) is 30.3 Å². The largest absolute Gasteiger partial charge is 0.406 e. The van der Waals surface area contributed by atoms with Crippen LogP contribution in [0.2, 0.25) is 0 Å². The third kappa shape index (κ3) is 4.85. The monoisotopic (exact) mass is 288 g/mol. The lowest BCUT2D eigenvalue weighted by molar-refractivity contribution is -0.165. The molecule has 6 heteroatoms. The Morgan fingerprint density at radius 1 is 1.20 bits per heavy atom. The van der Waals surface area contributed by atoms with Crippen LogP contribution in [0.1, 0.15) is 19.4 Å². The predicted molar refractivity (Wildman–Crippen MR) is 71.1 cm³/mol. The van der Waals surface area contributed by atoms with Crippen LogP contribution in [0.25, 0.3) is 0 Å². The second-order valence-electron chi connectivity index (χ2n) is 5.14. The zero-order chi connectivity index (χ0) is 15.4. The van der Waals surface area contributed by atoms with E-state index in [0.717, 1.165) is 4.90 Å². The Morgan fingerprint density at radius 2 is 1.75 bits per heavy atom. The van der Waals surface area contributed by atoms with Gasteiger partial charge in [-0.25, -0.2) is 0 Å². The second kappa shape index (κ2) is 6.26. The van der Waals surface area contributed by atoms with Crippen LogP contribution in [0.5, 0.6) is 0 Å². The van der Waals surface area contributed by atoms with Crippen molar-refractivity contribution in [2.45, 2.75) is 32.1 Å². The van der Waals surface area contributed by atoms with Gasteiger partial charge in [0.15, 0.2) is 0 Å². The minimum atomic E-state index is -4.42. The number of nitrogens with one attached hydrogen (secondary N) is 1. The molecule has 0 heterocycles. The van der Waals surface area contributed by atoms with E-state index < -0.39 is 24.2 Å². The van der Waals surface area contributed by atoms with Crippen molar-refractivity contribution in [1.29, 1.82) is 0 Å². The van der Waals surface area contributed by atoms with Crippen LogP contribution < -0.4 is 5.32 Å². The number of carbonyl (C=O) groups is 1. The van der Waals surface area contributed by atoms with E-state index in [-0.39, 0.29) is 6.54 Å². The van der Waals surface area contributed by atoms with Crippen molar-refractivity contribution < 1.29 is 18.0 Å². The Hall–Kier alpha value is -1.56. The van der Waals surface area contributed by atoms with E-state index in [4.69, 9.17) is 0 Å². The standard InChI is InChI=1S/C14H19F3N2O/c1-13(2,18-3)12(20)19(10-14(15,16)17)9-11-7-5-4-6-8-11/h4-8,18H,9-10H2,1-3H3. The Morgan fingerprint density at radius 3 is 2.20 bits per heavy atom. The van der Waals surface area contributed by atoms with Gasteiger partial charge >= 0.3 is 6.18 Å². The normalized spacial score (nSPS) is 12.3. The lowest BCUT2D eigenvalue weighted by atomic mass is 10.0. The van der Waals surface area contributed by atoms with Crippen molar-refractivity contribution in [2.75, 3.05) is 13.6 Å². The van der Waals surface area contributed by atoms with Gasteiger partial charge in [0, 0.05) is 6.54 Å². The highest BCUT2D eigenvalue weighted by atomic mass is 19.4. The molecule has 0 spiro atoms. The first-order chi connectivity index (χ1) is 9.15. The molecule has 0 aliphatic rings. The summed E-state index contributed by atoms with van der Waals surface area (Å²) in [5.74, 6) is -0.582. The molecule has 0 fully saturated rings. The summed E-state index contributed by atoms with van der Waals surface area (Å²) in [4.78, 5) is 13.1. The molecule has 1 aromatic rings. The summed E-state index contributed by atoms with van der Waals surface area (Å²) in [6, 6.07) is 8.63. The first-order valence-electron chi connectivity index (χ1n) is 6.24. The fraction of sp³-hybridized carbons (Fsp3) is 0.500. The van der Waals surface area contributed by atoms with Crippen molar-refractivity contribution in [2.24, 2.45) is 0 Å². The average molecular weight is 288 g/mol. The van der Waals surface area contributed by atoms with E-state index in [2.05, 4.69) is 5.32 Å². The average Bonchev–Trinajstić information content (AvgIpc) is 2.36. The molecule has 0 aliphatic carbocycles. The van der Waals surface area contributed by atoms with Crippen molar-refractivity contribution in [3.63, 3.8) is 0 Å². The maximum Gasteiger partial charge on any atom is 0.406 e. The molecule has 1 aromatic carbocycles. The zero-order valence-electron chi connectivity index (χ0n) is 11.8. The molecule has 0 saturated carbocycles. The first-order valence-corrected chi connectivity index (χ1v) is 6.24. The number of hydrogen-bond acceptors (Lipinski definition) is 2. The summed E-state index contributed by atoms with van der Waals surface area (Å²) in [5.41, 5.74) is -0.378. The lowest BCUT2D eigenvalue weighted by Gasteiger charge is -2.32. The molecule has 0 aliphatic heterocycles. The molecule has 0 radical (unpaired) electrons. The van der Waals surface area contributed by atoms with Gasteiger partial charge in [-0.15, -0.1) is 0 Å². The minimum absolute atomic E-state index is 0.0652. The number of benzene rings is 1. The molecule has 0 unspecified atom stereocenters. The number of halogens is 3. The third-order valence-electron chi connectivity index (χ3n) is 3.03. The topological polar surface area (TPSA) is 32.3 Å². The molecule has 1 amide bonds. The number of carbonyl (C=O) groups excluding carboxylic acids is 1. The molecular weight excluding hydrogens is 269 g/mol. The quantitative estimate of drug-likeness (QED) is 0.903. The summed E-state index contributed by atoms with van der Waals surface area (Å²) in [5, 5.41) is 2.73. The van der Waals surface area contributed by atoms with Crippen molar-refractivity contribution in [1.82, 2.24) is 10.2 Å². The van der Waals surface area contributed by atoms with Gasteiger partial charge in [0.2, 0.25) is 5.91 Å². The Kier molecular flexibility index (Phi) is 5.16. The summed E-state index contributed by atoms with van der Waals surface area (Å²) in [6.45, 7) is 1.80. The van der Waals surface area contributed by atoms with Gasteiger partial charge in [0.25, 0.3) is 0 Å². The number of likely N-dealkylation sites (N-methyl/N-ethyl adjacent to an activating group) is 1. The van der Waals surface area contributed by atoms with Crippen molar-refractivity contribution in [3.8, 4) is 0 Å². The molecule has 0 saturated heterocycles. The summed E-state index contributed by atoms with van der Waals surface area (Å²) in [7, 11) is 1.55. The number of amides is 1. The molecule has 0 atom stereocenters. The van der Waals surface area contributed by atoms with Gasteiger partial charge in [-0.2, -0.15) is 13.2 Å². The predicted octanol–water partition coefficient (Wildman–Crippen LogP) is 2.58. The highest BCUT2D eigenvalue weighted by Gasteiger charge is 2.37. The highest BCUT2D eigenvalue weighted by Crippen LogP contribution is 2.20. The van der Waals surface area contributed by atoms with Crippen LogP contribution in [-0.2, 0) is 11.3 Å². The van der Waals surface area contributed by atoms with Gasteiger partial charge < -0.3 is 10.2 Å². The van der Waals surface area contributed by atoms with Crippen LogP contribution in [-0.4, -0.2) is 36.1 Å². The summed E-state index contributed by atoms with van der Waals surface area (Å²) >= 11 is 0. The molecule has 20 heavy (non-hydrogen) atoms. The van der Waals surface area contributed by atoms with Gasteiger partial charge in [-0.1, -0.05) is 30.3 Å². The molecule has 1 N–H and O–H groups in total. The molecular formula is C14H19F3N2O. The molecule has 0 bridgehead atoms. The third-order valence-corrected chi connectivity index (χ3v) is 3.03. The second-order valence-corrected chi connectivity index (χ2v) is 5.14. The molecule has 1 rings (SSSR count). The number of hydrogen-bond donors (Lipinski definition) is 1. The van der Waals surface area contributed by atoms with E-state index in [9.17, 15) is 18.0 Å². The van der Waals surface area contributed by atoms with Crippen molar-refractivity contribution >= 4 is 5.91 Å². The van der Waals surface area contributed by atoms with Gasteiger partial charge in [-0.05, 0) is 26.5 Å². The molecule has 0 aromatic heterocycles. The van der Waals surface area contributed by atoms with Crippen LogP contribution >= 0.6 is 0 Å². The lowest BCUT2D eigenvalue weighted by Crippen LogP contribution is -2.54. The zero-order valence-corrected chi connectivity index (χ0v) is 11.8. The van der Waals surface area contributed by atoms with Gasteiger partial charge in [0.05, 0.1) is 5.54 Å². The molecule has 112 valence electrons. The number of rotatable bonds is 5. The summed E-state index contributed by atoms with van der Waals surface area (Å²) < 4.78 is 37.9. The Labute approximate surface area is 116 Å². The number of alkyl halides is 3. The van der Waals surface area contributed by atoms with E-state index in [1.54, 1.807) is 51.2 Å². The van der Waals surface area contributed by atoms with E-state index >= 15 is 0 Å². The van der Waals surface area contributed by atoms with E-state index in [0.29, 0.717) is 5.56 Å².